The summed E-state index contributed by atoms with van der Waals surface area (Å²) >= 11 is 0. The summed E-state index contributed by atoms with van der Waals surface area (Å²) in [5, 5.41) is 13.6. The van der Waals surface area contributed by atoms with Crippen LogP contribution in [-0.2, 0) is 4.79 Å². The number of aliphatic hydroxyl groups is 1. The predicted molar refractivity (Wildman–Crippen MR) is 117 cm³/mol. The smallest absolute Gasteiger partial charge is 0.238 e. The molecule has 2 aliphatic rings. The Bertz CT molecular complexity index is 780. The normalized spacial score (nSPS) is 19.3. The number of aliphatic hydroxyl groups excluding tert-OH is 1. The molecule has 5 nitrogen and oxygen atoms in total. The van der Waals surface area contributed by atoms with Gasteiger partial charge in [0.05, 0.1) is 12.6 Å². The number of carbonyl (C=O) groups is 1. The Hall–Kier alpha value is -2.37. The van der Waals surface area contributed by atoms with Crippen LogP contribution in [0.2, 0.25) is 0 Å². The second-order valence-electron chi connectivity index (χ2n) is 8.26. The molecular formula is C24H31N3O2. The third-order valence-corrected chi connectivity index (χ3v) is 6.21. The summed E-state index contributed by atoms with van der Waals surface area (Å²) in [6, 6.07) is 18.1. The molecule has 1 atom stereocenters. The summed E-state index contributed by atoms with van der Waals surface area (Å²) in [5.74, 6) is 0.288. The largest absolute Gasteiger partial charge is 0.388 e. The third kappa shape index (κ3) is 5.17. The number of nitrogens with one attached hydrogen (secondary N) is 1. The highest BCUT2D eigenvalue weighted by Gasteiger charge is 2.27. The van der Waals surface area contributed by atoms with E-state index < -0.39 is 6.10 Å². The fraction of sp³-hybridized carbons (Fsp3) is 0.458. The molecule has 0 spiro atoms. The molecule has 0 saturated carbocycles. The molecule has 4 rings (SSSR count). The molecule has 154 valence electrons. The maximum Gasteiger partial charge on any atom is 0.238 e. The highest BCUT2D eigenvalue weighted by molar-refractivity contribution is 5.92. The minimum Gasteiger partial charge on any atom is -0.388 e. The minimum atomic E-state index is -0.415. The van der Waals surface area contributed by atoms with Gasteiger partial charge in [0.2, 0.25) is 5.91 Å². The number of likely N-dealkylation sites (tertiary alicyclic amines) is 1. The monoisotopic (exact) mass is 393 g/mol. The van der Waals surface area contributed by atoms with Crippen LogP contribution in [0.4, 0.5) is 11.4 Å². The molecule has 0 bridgehead atoms. The SMILES string of the molecule is O=C(CN1CCC(C(O)c2ccccc2)CC1)Nc1ccc(N2CCCC2)cc1. The van der Waals surface area contributed by atoms with E-state index in [9.17, 15) is 9.90 Å². The highest BCUT2D eigenvalue weighted by Crippen LogP contribution is 2.30. The van der Waals surface area contributed by atoms with Crippen molar-refractivity contribution in [3.05, 3.63) is 60.2 Å². The van der Waals surface area contributed by atoms with E-state index in [2.05, 4.69) is 27.2 Å². The van der Waals surface area contributed by atoms with Gasteiger partial charge in [0, 0.05) is 24.5 Å². The first-order chi connectivity index (χ1) is 14.2. The second kappa shape index (κ2) is 9.42. The van der Waals surface area contributed by atoms with Crippen molar-refractivity contribution in [2.24, 2.45) is 5.92 Å². The van der Waals surface area contributed by atoms with Crippen molar-refractivity contribution in [2.75, 3.05) is 42.9 Å². The summed E-state index contributed by atoms with van der Waals surface area (Å²) in [6.45, 7) is 4.34. The summed E-state index contributed by atoms with van der Waals surface area (Å²) in [7, 11) is 0. The van der Waals surface area contributed by atoms with Gasteiger partial charge in [-0.15, -0.1) is 0 Å². The quantitative estimate of drug-likeness (QED) is 0.786. The van der Waals surface area contributed by atoms with Crippen molar-refractivity contribution in [3.8, 4) is 0 Å². The molecule has 29 heavy (non-hydrogen) atoms. The summed E-state index contributed by atoms with van der Waals surface area (Å²) in [6.07, 6.45) is 3.93. The lowest BCUT2D eigenvalue weighted by Crippen LogP contribution is -2.40. The van der Waals surface area contributed by atoms with Crippen LogP contribution in [0.25, 0.3) is 0 Å². The molecule has 2 aromatic carbocycles. The first kappa shape index (κ1) is 19.9. The van der Waals surface area contributed by atoms with Gasteiger partial charge in [-0.05, 0) is 74.5 Å². The number of benzene rings is 2. The molecule has 5 heteroatoms. The molecule has 2 saturated heterocycles. The van der Waals surface area contributed by atoms with Crippen molar-refractivity contribution in [3.63, 3.8) is 0 Å². The summed E-state index contributed by atoms with van der Waals surface area (Å²) in [4.78, 5) is 17.0. The van der Waals surface area contributed by atoms with E-state index in [1.165, 1.54) is 18.5 Å². The number of amides is 1. The summed E-state index contributed by atoms with van der Waals surface area (Å²) in [5.41, 5.74) is 3.08. The van der Waals surface area contributed by atoms with Crippen LogP contribution in [0.1, 0.15) is 37.4 Å². The third-order valence-electron chi connectivity index (χ3n) is 6.21. The van der Waals surface area contributed by atoms with Crippen LogP contribution in [0.15, 0.2) is 54.6 Å². The molecule has 2 aliphatic heterocycles. The van der Waals surface area contributed by atoms with E-state index >= 15 is 0 Å². The predicted octanol–water partition coefficient (Wildman–Crippen LogP) is 3.67. The van der Waals surface area contributed by atoms with E-state index in [4.69, 9.17) is 0 Å². The van der Waals surface area contributed by atoms with Crippen LogP contribution in [0.3, 0.4) is 0 Å². The molecule has 1 unspecified atom stereocenters. The van der Waals surface area contributed by atoms with Crippen molar-refractivity contribution in [2.45, 2.75) is 31.8 Å². The van der Waals surface area contributed by atoms with E-state index in [1.807, 2.05) is 42.5 Å². The number of piperidine rings is 1. The van der Waals surface area contributed by atoms with Gasteiger partial charge in [0.25, 0.3) is 0 Å². The van der Waals surface area contributed by atoms with Gasteiger partial charge in [0.1, 0.15) is 0 Å². The lowest BCUT2D eigenvalue weighted by molar-refractivity contribution is -0.117. The first-order valence-corrected chi connectivity index (χ1v) is 10.8. The van der Waals surface area contributed by atoms with Gasteiger partial charge in [-0.3, -0.25) is 9.69 Å². The zero-order chi connectivity index (χ0) is 20.1. The number of anilines is 2. The number of nitrogens with zero attached hydrogens (tertiary/aromatic N) is 2. The molecule has 2 aromatic rings. The van der Waals surface area contributed by atoms with E-state index in [0.29, 0.717) is 6.54 Å². The lowest BCUT2D eigenvalue weighted by atomic mass is 9.87. The molecule has 0 radical (unpaired) electrons. The van der Waals surface area contributed by atoms with Crippen LogP contribution < -0.4 is 10.2 Å². The summed E-state index contributed by atoms with van der Waals surface area (Å²) < 4.78 is 0. The number of rotatable bonds is 6. The molecule has 0 aromatic heterocycles. The lowest BCUT2D eigenvalue weighted by Gasteiger charge is -2.34. The van der Waals surface area contributed by atoms with Crippen LogP contribution in [0, 0.1) is 5.92 Å². The standard InChI is InChI=1S/C24H31N3O2/c28-23(25-21-8-10-22(11-9-21)27-14-4-5-15-27)18-26-16-12-20(13-17-26)24(29)19-6-2-1-3-7-19/h1-3,6-11,20,24,29H,4-5,12-18H2,(H,25,28). The van der Waals surface area contributed by atoms with Gasteiger partial charge < -0.3 is 15.3 Å². The van der Waals surface area contributed by atoms with E-state index in [0.717, 1.165) is 50.3 Å². The average Bonchev–Trinajstić information content (AvgIpc) is 3.30. The van der Waals surface area contributed by atoms with Gasteiger partial charge >= 0.3 is 0 Å². The number of carbonyl (C=O) groups excluding carboxylic acids is 1. The van der Waals surface area contributed by atoms with Crippen molar-refractivity contribution >= 4 is 17.3 Å². The average molecular weight is 394 g/mol. The maximum atomic E-state index is 12.4. The Morgan fingerprint density at radius 3 is 2.28 bits per heavy atom. The molecule has 1 amide bonds. The Kier molecular flexibility index (Phi) is 6.47. The number of hydrogen-bond donors (Lipinski definition) is 2. The van der Waals surface area contributed by atoms with Crippen molar-refractivity contribution < 1.29 is 9.90 Å². The first-order valence-electron chi connectivity index (χ1n) is 10.8. The topological polar surface area (TPSA) is 55.8 Å². The molecular weight excluding hydrogens is 362 g/mol. The van der Waals surface area contributed by atoms with Crippen molar-refractivity contribution in [1.29, 1.82) is 0 Å². The van der Waals surface area contributed by atoms with Gasteiger partial charge in [-0.25, -0.2) is 0 Å². The number of hydrogen-bond acceptors (Lipinski definition) is 4. The van der Waals surface area contributed by atoms with Crippen LogP contribution in [-0.4, -0.2) is 48.6 Å². The molecule has 2 heterocycles. The zero-order valence-corrected chi connectivity index (χ0v) is 17.0. The Balaban J connectivity index is 1.22. The molecule has 2 fully saturated rings. The minimum absolute atomic E-state index is 0.0287. The second-order valence-corrected chi connectivity index (χ2v) is 8.26. The Morgan fingerprint density at radius 1 is 0.966 bits per heavy atom. The fourth-order valence-electron chi connectivity index (χ4n) is 4.48. The van der Waals surface area contributed by atoms with Crippen LogP contribution >= 0.6 is 0 Å². The van der Waals surface area contributed by atoms with Crippen LogP contribution in [0.5, 0.6) is 0 Å². The van der Waals surface area contributed by atoms with Gasteiger partial charge in [-0.2, -0.15) is 0 Å². The van der Waals surface area contributed by atoms with Gasteiger partial charge in [-0.1, -0.05) is 30.3 Å². The molecule has 0 aliphatic carbocycles. The Morgan fingerprint density at radius 2 is 1.62 bits per heavy atom. The molecule has 2 N–H and O–H groups in total. The zero-order valence-electron chi connectivity index (χ0n) is 17.0. The maximum absolute atomic E-state index is 12.4. The van der Waals surface area contributed by atoms with E-state index in [-0.39, 0.29) is 11.8 Å². The highest BCUT2D eigenvalue weighted by atomic mass is 16.3. The van der Waals surface area contributed by atoms with Gasteiger partial charge in [0.15, 0.2) is 0 Å². The Labute approximate surface area is 173 Å². The fourth-order valence-corrected chi connectivity index (χ4v) is 4.48. The van der Waals surface area contributed by atoms with E-state index in [1.54, 1.807) is 0 Å². The van der Waals surface area contributed by atoms with Crippen molar-refractivity contribution in [1.82, 2.24) is 4.90 Å².